The first-order valence-corrected chi connectivity index (χ1v) is 4.62. The van der Waals surface area contributed by atoms with Crippen molar-refractivity contribution in [2.45, 2.75) is 38.7 Å². The van der Waals surface area contributed by atoms with Crippen LogP contribution < -0.4 is 0 Å². The van der Waals surface area contributed by atoms with E-state index in [9.17, 15) is 9.90 Å². The number of carbonyl (C=O) groups excluding carboxylic acids is 1. The van der Waals surface area contributed by atoms with Gasteiger partial charge < -0.3 is 10.2 Å². The molecule has 0 aromatic heterocycles. The number of ketones is 1. The summed E-state index contributed by atoms with van der Waals surface area (Å²) < 4.78 is 0. The lowest BCUT2D eigenvalue weighted by molar-refractivity contribution is -0.121. The second-order valence-corrected chi connectivity index (χ2v) is 3.02. The lowest BCUT2D eigenvalue weighted by atomic mass is 10.1. The zero-order chi connectivity index (χ0) is 10.1. The average molecular weight is 186 g/mol. The van der Waals surface area contributed by atoms with Gasteiger partial charge in [0.15, 0.2) is 0 Å². The second kappa shape index (κ2) is 7.95. The Balaban J connectivity index is 3.49. The number of allylic oxidation sites excluding steroid dienone is 2. The Morgan fingerprint density at radius 2 is 2.23 bits per heavy atom. The third kappa shape index (κ3) is 7.68. The van der Waals surface area contributed by atoms with E-state index in [1.54, 1.807) is 0 Å². The van der Waals surface area contributed by atoms with E-state index in [1.165, 1.54) is 0 Å². The highest BCUT2D eigenvalue weighted by Gasteiger charge is 2.08. The molecule has 0 saturated carbocycles. The van der Waals surface area contributed by atoms with Crippen molar-refractivity contribution < 1.29 is 15.0 Å². The number of aliphatic hydroxyl groups excluding tert-OH is 2. The van der Waals surface area contributed by atoms with Crippen molar-refractivity contribution in [2.24, 2.45) is 0 Å². The molecular weight excluding hydrogens is 168 g/mol. The Kier molecular flexibility index (Phi) is 7.54. The number of rotatable bonds is 7. The van der Waals surface area contributed by atoms with Crippen molar-refractivity contribution in [3.8, 4) is 0 Å². The zero-order valence-electron chi connectivity index (χ0n) is 8.07. The summed E-state index contributed by atoms with van der Waals surface area (Å²) in [7, 11) is 0. The highest BCUT2D eigenvalue weighted by molar-refractivity contribution is 5.78. The van der Waals surface area contributed by atoms with Gasteiger partial charge in [-0.2, -0.15) is 0 Å². The van der Waals surface area contributed by atoms with E-state index in [1.807, 2.05) is 19.1 Å². The minimum absolute atomic E-state index is 0.0547. The molecule has 0 saturated heterocycles. The second-order valence-electron chi connectivity index (χ2n) is 3.02. The number of carbonyl (C=O) groups is 1. The molecule has 0 aromatic carbocycles. The Hall–Kier alpha value is -0.670. The van der Waals surface area contributed by atoms with Gasteiger partial charge in [0.05, 0.1) is 6.10 Å². The van der Waals surface area contributed by atoms with Crippen LogP contribution in [0.2, 0.25) is 0 Å². The SMILES string of the molecule is C/C=C/CCC(=O)C[C@H](O)CCO. The molecule has 76 valence electrons. The predicted octanol–water partition coefficient (Wildman–Crippen LogP) is 1.05. The lowest BCUT2D eigenvalue weighted by Gasteiger charge is -2.06. The van der Waals surface area contributed by atoms with Gasteiger partial charge >= 0.3 is 0 Å². The number of Topliss-reactive ketones (excluding diaryl/α,β-unsaturated/α-hetero) is 1. The molecule has 0 aromatic rings. The summed E-state index contributed by atoms with van der Waals surface area (Å²) in [5, 5.41) is 17.7. The van der Waals surface area contributed by atoms with Gasteiger partial charge in [-0.25, -0.2) is 0 Å². The van der Waals surface area contributed by atoms with Crippen LogP contribution in [0, 0.1) is 0 Å². The van der Waals surface area contributed by atoms with Gasteiger partial charge in [-0.3, -0.25) is 4.79 Å². The minimum atomic E-state index is -0.678. The monoisotopic (exact) mass is 186 g/mol. The Labute approximate surface area is 79.1 Å². The normalized spacial score (nSPS) is 13.5. The minimum Gasteiger partial charge on any atom is -0.396 e. The number of hydrogen-bond donors (Lipinski definition) is 2. The van der Waals surface area contributed by atoms with Crippen molar-refractivity contribution in [2.75, 3.05) is 6.61 Å². The molecule has 0 spiro atoms. The summed E-state index contributed by atoms with van der Waals surface area (Å²) in [5.41, 5.74) is 0. The van der Waals surface area contributed by atoms with Crippen molar-refractivity contribution in [3.05, 3.63) is 12.2 Å². The van der Waals surface area contributed by atoms with Gasteiger partial charge in [0.2, 0.25) is 0 Å². The summed E-state index contributed by atoms with van der Waals surface area (Å²) in [6, 6.07) is 0. The van der Waals surface area contributed by atoms with Crippen molar-refractivity contribution >= 4 is 5.78 Å². The van der Waals surface area contributed by atoms with E-state index in [0.29, 0.717) is 6.42 Å². The molecule has 3 nitrogen and oxygen atoms in total. The summed E-state index contributed by atoms with van der Waals surface area (Å²) in [5.74, 6) is 0.0547. The van der Waals surface area contributed by atoms with Crippen LogP contribution in [-0.2, 0) is 4.79 Å². The third-order valence-corrected chi connectivity index (χ3v) is 1.75. The van der Waals surface area contributed by atoms with Crippen LogP contribution >= 0.6 is 0 Å². The smallest absolute Gasteiger partial charge is 0.135 e. The first-order valence-electron chi connectivity index (χ1n) is 4.62. The van der Waals surface area contributed by atoms with E-state index >= 15 is 0 Å². The number of aliphatic hydroxyl groups is 2. The van der Waals surface area contributed by atoms with E-state index in [2.05, 4.69) is 0 Å². The van der Waals surface area contributed by atoms with Crippen LogP contribution in [0.3, 0.4) is 0 Å². The predicted molar refractivity (Wildman–Crippen MR) is 51.4 cm³/mol. The quantitative estimate of drug-likeness (QED) is 0.584. The van der Waals surface area contributed by atoms with Crippen LogP contribution in [0.1, 0.15) is 32.6 Å². The molecule has 0 bridgehead atoms. The molecule has 0 aliphatic carbocycles. The van der Waals surface area contributed by atoms with E-state index < -0.39 is 6.10 Å². The highest BCUT2D eigenvalue weighted by atomic mass is 16.3. The fraction of sp³-hybridized carbons (Fsp3) is 0.700. The average Bonchev–Trinajstić information content (AvgIpc) is 2.05. The molecule has 1 atom stereocenters. The summed E-state index contributed by atoms with van der Waals surface area (Å²) in [6.07, 6.45) is 4.82. The maximum atomic E-state index is 11.1. The van der Waals surface area contributed by atoms with E-state index in [0.717, 1.165) is 6.42 Å². The molecule has 3 heteroatoms. The standard InChI is InChI=1S/C10H18O3/c1-2-3-4-5-9(12)8-10(13)6-7-11/h2-3,10-11,13H,4-8H2,1H3/b3-2+/t10-/m1/s1. The molecule has 2 N–H and O–H groups in total. The van der Waals surface area contributed by atoms with Crippen LogP contribution in [0.5, 0.6) is 0 Å². The van der Waals surface area contributed by atoms with Gasteiger partial charge in [-0.05, 0) is 19.8 Å². The molecule has 0 radical (unpaired) electrons. The Morgan fingerprint density at radius 3 is 2.77 bits per heavy atom. The van der Waals surface area contributed by atoms with Gasteiger partial charge in [0, 0.05) is 19.4 Å². The first-order chi connectivity index (χ1) is 6.20. The van der Waals surface area contributed by atoms with Gasteiger partial charge in [-0.1, -0.05) is 12.2 Å². The number of hydrogen-bond acceptors (Lipinski definition) is 3. The van der Waals surface area contributed by atoms with Crippen molar-refractivity contribution in [3.63, 3.8) is 0 Å². The van der Waals surface area contributed by atoms with Gasteiger partial charge in [0.1, 0.15) is 5.78 Å². The van der Waals surface area contributed by atoms with E-state index in [-0.39, 0.29) is 25.2 Å². The molecule has 13 heavy (non-hydrogen) atoms. The fourth-order valence-electron chi connectivity index (χ4n) is 1.03. The summed E-state index contributed by atoms with van der Waals surface area (Å²) in [4.78, 5) is 11.1. The Morgan fingerprint density at radius 1 is 1.54 bits per heavy atom. The molecule has 0 fully saturated rings. The lowest BCUT2D eigenvalue weighted by Crippen LogP contribution is -2.14. The van der Waals surface area contributed by atoms with Gasteiger partial charge in [-0.15, -0.1) is 0 Å². The van der Waals surface area contributed by atoms with Crippen LogP contribution in [0.25, 0.3) is 0 Å². The summed E-state index contributed by atoms with van der Waals surface area (Å²) >= 11 is 0. The largest absolute Gasteiger partial charge is 0.396 e. The molecule has 0 aliphatic rings. The summed E-state index contributed by atoms with van der Waals surface area (Å²) in [6.45, 7) is 1.84. The molecule has 0 unspecified atom stereocenters. The maximum absolute atomic E-state index is 11.1. The molecule has 0 aliphatic heterocycles. The van der Waals surface area contributed by atoms with Crippen LogP contribution in [-0.4, -0.2) is 28.7 Å². The molecule has 0 rings (SSSR count). The van der Waals surface area contributed by atoms with Crippen LogP contribution in [0.4, 0.5) is 0 Å². The van der Waals surface area contributed by atoms with Gasteiger partial charge in [0.25, 0.3) is 0 Å². The van der Waals surface area contributed by atoms with Crippen molar-refractivity contribution in [1.29, 1.82) is 0 Å². The zero-order valence-corrected chi connectivity index (χ0v) is 8.07. The first kappa shape index (κ1) is 12.3. The molecular formula is C10H18O3. The van der Waals surface area contributed by atoms with Crippen molar-refractivity contribution in [1.82, 2.24) is 0 Å². The molecule has 0 heterocycles. The van der Waals surface area contributed by atoms with Crippen LogP contribution in [0.15, 0.2) is 12.2 Å². The fourth-order valence-corrected chi connectivity index (χ4v) is 1.03. The third-order valence-electron chi connectivity index (χ3n) is 1.75. The molecule has 0 amide bonds. The maximum Gasteiger partial charge on any atom is 0.135 e. The topological polar surface area (TPSA) is 57.5 Å². The Bertz CT molecular complexity index is 164. The highest BCUT2D eigenvalue weighted by Crippen LogP contribution is 2.03. The van der Waals surface area contributed by atoms with E-state index in [4.69, 9.17) is 5.11 Å².